The van der Waals surface area contributed by atoms with Gasteiger partial charge in [0.25, 0.3) is 0 Å². The molecule has 0 bridgehead atoms. The molecule has 3 N–H and O–H groups in total. The number of nitrogens with one attached hydrogen (secondary N) is 2. The quantitative estimate of drug-likeness (QED) is 0.725. The van der Waals surface area contributed by atoms with Crippen molar-refractivity contribution in [1.82, 2.24) is 5.32 Å². The van der Waals surface area contributed by atoms with E-state index >= 15 is 0 Å². The lowest BCUT2D eigenvalue weighted by atomic mass is 9.89. The monoisotopic (exact) mass is 314 g/mol. The van der Waals surface area contributed by atoms with E-state index in [1.54, 1.807) is 6.92 Å². The second kappa shape index (κ2) is 7.31. The summed E-state index contributed by atoms with van der Waals surface area (Å²) in [4.78, 5) is 23.3. The molecule has 0 saturated heterocycles. The van der Waals surface area contributed by atoms with Crippen molar-refractivity contribution >= 4 is 17.5 Å². The fourth-order valence-electron chi connectivity index (χ4n) is 1.73. The number of halogens is 2. The van der Waals surface area contributed by atoms with Gasteiger partial charge in [-0.2, -0.15) is 0 Å². The van der Waals surface area contributed by atoms with Crippen LogP contribution in [-0.4, -0.2) is 29.1 Å². The van der Waals surface area contributed by atoms with Gasteiger partial charge in [0.15, 0.2) is 0 Å². The first-order valence-electron chi connectivity index (χ1n) is 6.94. The van der Waals surface area contributed by atoms with Crippen molar-refractivity contribution in [3.8, 4) is 0 Å². The summed E-state index contributed by atoms with van der Waals surface area (Å²) in [6.07, 6.45) is 0.698. The summed E-state index contributed by atoms with van der Waals surface area (Å²) in [6, 6.07) is 2.51. The minimum absolute atomic E-state index is 0.0866. The van der Waals surface area contributed by atoms with Crippen LogP contribution in [0.2, 0.25) is 0 Å². The third-order valence-corrected chi connectivity index (χ3v) is 3.66. The smallest absolute Gasteiger partial charge is 0.313 e. The number of amides is 2. The number of hydrogen-bond acceptors (Lipinski definition) is 3. The molecule has 122 valence electrons. The first-order chi connectivity index (χ1) is 10.2. The van der Waals surface area contributed by atoms with Gasteiger partial charge in [0.2, 0.25) is 0 Å². The molecular formula is C15H20F2N2O3. The van der Waals surface area contributed by atoms with Crippen LogP contribution in [0.1, 0.15) is 27.2 Å². The van der Waals surface area contributed by atoms with E-state index in [1.807, 2.05) is 19.2 Å². The van der Waals surface area contributed by atoms with Crippen LogP contribution in [0.15, 0.2) is 18.2 Å². The Hall–Kier alpha value is -2.02. The lowest BCUT2D eigenvalue weighted by molar-refractivity contribution is -0.137. The molecule has 2 atom stereocenters. The number of rotatable bonds is 5. The van der Waals surface area contributed by atoms with Crippen molar-refractivity contribution in [1.29, 1.82) is 0 Å². The molecule has 0 radical (unpaired) electrons. The molecule has 22 heavy (non-hydrogen) atoms. The number of aliphatic hydroxyl groups is 1. The number of carbonyl (C=O) groups excluding carboxylic acids is 2. The van der Waals surface area contributed by atoms with Crippen molar-refractivity contribution in [2.45, 2.75) is 32.8 Å². The Morgan fingerprint density at radius 2 is 1.95 bits per heavy atom. The van der Waals surface area contributed by atoms with Crippen LogP contribution in [0.3, 0.4) is 0 Å². The van der Waals surface area contributed by atoms with E-state index < -0.39 is 34.7 Å². The molecule has 7 heteroatoms. The van der Waals surface area contributed by atoms with Crippen molar-refractivity contribution in [2.24, 2.45) is 5.92 Å². The highest BCUT2D eigenvalue weighted by Gasteiger charge is 2.28. The molecule has 5 nitrogen and oxygen atoms in total. The number of benzene rings is 1. The fourth-order valence-corrected chi connectivity index (χ4v) is 1.73. The maximum absolute atomic E-state index is 13.4. The van der Waals surface area contributed by atoms with E-state index in [9.17, 15) is 23.5 Å². The second-order valence-corrected chi connectivity index (χ2v) is 5.43. The van der Waals surface area contributed by atoms with Crippen LogP contribution in [0, 0.1) is 17.6 Å². The molecule has 0 fully saturated rings. The normalized spacial score (nSPS) is 14.8. The molecule has 0 saturated carbocycles. The lowest BCUT2D eigenvalue weighted by Crippen LogP contribution is -2.47. The minimum atomic E-state index is -1.17. The fraction of sp³-hybridized carbons (Fsp3) is 0.467. The highest BCUT2D eigenvalue weighted by atomic mass is 19.1. The lowest BCUT2D eigenvalue weighted by Gasteiger charge is -2.29. The van der Waals surface area contributed by atoms with E-state index in [0.717, 1.165) is 18.2 Å². The van der Waals surface area contributed by atoms with Crippen molar-refractivity contribution in [2.75, 3.05) is 11.9 Å². The van der Waals surface area contributed by atoms with E-state index in [2.05, 4.69) is 5.32 Å². The summed E-state index contributed by atoms with van der Waals surface area (Å²) in [5, 5.41) is 14.4. The van der Waals surface area contributed by atoms with Crippen LogP contribution < -0.4 is 10.6 Å². The first kappa shape index (κ1) is 18.0. The van der Waals surface area contributed by atoms with Gasteiger partial charge in [-0.1, -0.05) is 20.3 Å². The third-order valence-electron chi connectivity index (χ3n) is 3.66. The molecular weight excluding hydrogens is 294 g/mol. The maximum atomic E-state index is 13.4. The van der Waals surface area contributed by atoms with E-state index in [4.69, 9.17) is 0 Å². The summed E-state index contributed by atoms with van der Waals surface area (Å²) in [6.45, 7) is 5.13. The van der Waals surface area contributed by atoms with Gasteiger partial charge in [-0.05, 0) is 25.0 Å². The van der Waals surface area contributed by atoms with Gasteiger partial charge in [-0.25, -0.2) is 8.78 Å². The molecule has 0 aliphatic carbocycles. The van der Waals surface area contributed by atoms with Gasteiger partial charge in [-0.15, -0.1) is 0 Å². The highest BCUT2D eigenvalue weighted by molar-refractivity contribution is 6.39. The molecule has 2 amide bonds. The average molecular weight is 314 g/mol. The van der Waals surface area contributed by atoms with E-state index in [1.165, 1.54) is 0 Å². The zero-order valence-electron chi connectivity index (χ0n) is 12.7. The van der Waals surface area contributed by atoms with Crippen molar-refractivity contribution in [3.05, 3.63) is 29.8 Å². The van der Waals surface area contributed by atoms with Gasteiger partial charge in [0.05, 0.1) is 11.3 Å². The Balaban J connectivity index is 2.63. The van der Waals surface area contributed by atoms with Gasteiger partial charge in [0.1, 0.15) is 11.6 Å². The summed E-state index contributed by atoms with van der Waals surface area (Å²) >= 11 is 0. The zero-order valence-corrected chi connectivity index (χ0v) is 12.7. The predicted octanol–water partition coefficient (Wildman–Crippen LogP) is 1.82. The molecule has 0 spiro atoms. The molecule has 0 aliphatic heterocycles. The minimum Gasteiger partial charge on any atom is -0.388 e. The predicted molar refractivity (Wildman–Crippen MR) is 78.1 cm³/mol. The Kier molecular flexibility index (Phi) is 5.99. The summed E-state index contributed by atoms with van der Waals surface area (Å²) in [7, 11) is 0. The molecule has 0 heterocycles. The van der Waals surface area contributed by atoms with Crippen molar-refractivity contribution < 1.29 is 23.5 Å². The van der Waals surface area contributed by atoms with Crippen molar-refractivity contribution in [3.63, 3.8) is 0 Å². The van der Waals surface area contributed by atoms with E-state index in [0.29, 0.717) is 6.42 Å². The summed E-state index contributed by atoms with van der Waals surface area (Å²) in [5.74, 6) is -3.85. The summed E-state index contributed by atoms with van der Waals surface area (Å²) < 4.78 is 26.3. The first-order valence-corrected chi connectivity index (χ1v) is 6.94. The average Bonchev–Trinajstić information content (AvgIpc) is 2.47. The molecule has 0 aromatic heterocycles. The van der Waals surface area contributed by atoms with Crippen LogP contribution in [0.4, 0.5) is 14.5 Å². The van der Waals surface area contributed by atoms with E-state index in [-0.39, 0.29) is 12.5 Å². The van der Waals surface area contributed by atoms with Crippen LogP contribution in [0.25, 0.3) is 0 Å². The van der Waals surface area contributed by atoms with Gasteiger partial charge >= 0.3 is 11.8 Å². The summed E-state index contributed by atoms with van der Waals surface area (Å²) in [5.41, 5.74) is -1.59. The molecule has 0 aliphatic rings. The number of carbonyl (C=O) groups is 2. The Labute approximate surface area is 127 Å². The molecule has 2 unspecified atom stereocenters. The SMILES string of the molecule is CCC(C)C(C)(O)CNC(=O)C(=O)Nc1cc(F)ccc1F. The van der Waals surface area contributed by atoms with Gasteiger partial charge < -0.3 is 15.7 Å². The third kappa shape index (κ3) is 4.77. The number of hydrogen-bond donors (Lipinski definition) is 3. The highest BCUT2D eigenvalue weighted by Crippen LogP contribution is 2.19. The maximum Gasteiger partial charge on any atom is 0.313 e. The topological polar surface area (TPSA) is 78.4 Å². The van der Waals surface area contributed by atoms with Gasteiger partial charge in [0, 0.05) is 12.6 Å². The Bertz CT molecular complexity index is 562. The molecule has 1 rings (SSSR count). The standard InChI is InChI=1S/C15H20F2N2O3/c1-4-9(2)15(3,22)8-18-13(20)14(21)19-12-7-10(16)5-6-11(12)17/h5-7,9,22H,4,8H2,1-3H3,(H,18,20)(H,19,21). The molecule has 1 aromatic carbocycles. The van der Waals surface area contributed by atoms with Crippen LogP contribution in [0.5, 0.6) is 0 Å². The molecule has 1 aromatic rings. The zero-order chi connectivity index (χ0) is 16.9. The Morgan fingerprint density at radius 3 is 2.55 bits per heavy atom. The van der Waals surface area contributed by atoms with Crippen LogP contribution in [-0.2, 0) is 9.59 Å². The largest absolute Gasteiger partial charge is 0.388 e. The number of anilines is 1. The second-order valence-electron chi connectivity index (χ2n) is 5.43. The Morgan fingerprint density at radius 1 is 1.32 bits per heavy atom. The van der Waals surface area contributed by atoms with Crippen LogP contribution >= 0.6 is 0 Å². The van der Waals surface area contributed by atoms with Gasteiger partial charge in [-0.3, -0.25) is 9.59 Å².